The number of hydrogen-bond donors (Lipinski definition) is 2. The van der Waals surface area contributed by atoms with Crippen LogP contribution in [-0.4, -0.2) is 18.5 Å². The van der Waals surface area contributed by atoms with E-state index < -0.39 is 11.8 Å². The van der Waals surface area contributed by atoms with Gasteiger partial charge in [-0.25, -0.2) is 9.18 Å². The number of rotatable bonds is 1. The second-order valence-electron chi connectivity index (χ2n) is 5.27. The van der Waals surface area contributed by atoms with Gasteiger partial charge >= 0.3 is 6.03 Å². The normalized spacial score (nSPS) is 12.5. The number of hydrogen-bond acceptors (Lipinski definition) is 2. The smallest absolute Gasteiger partial charge is 0.323 e. The first-order valence-corrected chi connectivity index (χ1v) is 7.78. The van der Waals surface area contributed by atoms with Gasteiger partial charge in [-0.1, -0.05) is 44.5 Å². The molecule has 2 aromatic rings. The maximum Gasteiger partial charge on any atom is 0.326 e. The highest BCUT2D eigenvalue weighted by molar-refractivity contribution is 6.12. The van der Waals surface area contributed by atoms with Crippen LogP contribution >= 0.6 is 0 Å². The molecule has 0 radical (unpaired) electrons. The van der Waals surface area contributed by atoms with E-state index in [1.807, 2.05) is 0 Å². The van der Waals surface area contributed by atoms with Crippen LogP contribution in [0.25, 0.3) is 0 Å². The highest BCUT2D eigenvalue weighted by Crippen LogP contribution is 2.29. The summed E-state index contributed by atoms with van der Waals surface area (Å²) in [5.74, 6) is -0.821. The summed E-state index contributed by atoms with van der Waals surface area (Å²) in [5.41, 5.74) is 1.20. The Balaban J connectivity index is 0.000000647. The molecule has 3 amide bonds. The van der Waals surface area contributed by atoms with E-state index >= 15 is 0 Å². The lowest BCUT2D eigenvalue weighted by atomic mass is 10.2. The van der Waals surface area contributed by atoms with Crippen molar-refractivity contribution in [1.29, 1.82) is 0 Å². The maximum atomic E-state index is 13.6. The monoisotopic (exact) mass is 329 g/mol. The van der Waals surface area contributed by atoms with Gasteiger partial charge in [0.15, 0.2) is 0 Å². The van der Waals surface area contributed by atoms with Crippen LogP contribution in [0.2, 0.25) is 0 Å². The van der Waals surface area contributed by atoms with E-state index in [9.17, 15) is 14.0 Å². The summed E-state index contributed by atoms with van der Waals surface area (Å²) in [7, 11) is 0. The van der Waals surface area contributed by atoms with Crippen LogP contribution in [0.3, 0.4) is 0 Å². The number of nitrogens with zero attached hydrogens (tertiary/aromatic N) is 1. The van der Waals surface area contributed by atoms with Crippen LogP contribution in [0.1, 0.15) is 20.3 Å². The summed E-state index contributed by atoms with van der Waals surface area (Å²) in [6.45, 7) is 4.14. The third-order valence-corrected chi connectivity index (χ3v) is 3.13. The molecule has 0 saturated carbocycles. The number of nitrogens with one attached hydrogen (secondary N) is 2. The second kappa shape index (κ2) is 8.10. The summed E-state index contributed by atoms with van der Waals surface area (Å²) in [5, 5.41) is 5.16. The lowest BCUT2D eigenvalue weighted by molar-refractivity contribution is -0.115. The van der Waals surface area contributed by atoms with Gasteiger partial charge < -0.3 is 10.6 Å². The van der Waals surface area contributed by atoms with Crippen molar-refractivity contribution in [2.24, 2.45) is 0 Å². The molecule has 0 atom stereocenters. The van der Waals surface area contributed by atoms with Crippen LogP contribution in [-0.2, 0) is 4.79 Å². The Kier molecular flexibility index (Phi) is 5.89. The molecule has 1 aliphatic rings. The number of carbonyl (C=O) groups excluding carboxylic acids is 2. The Bertz CT molecular complexity index is 734. The molecular formula is C18H20FN3O2. The van der Waals surface area contributed by atoms with Gasteiger partial charge in [0.2, 0.25) is 5.91 Å². The molecule has 0 unspecified atom stereocenters. The third kappa shape index (κ3) is 4.10. The van der Waals surface area contributed by atoms with Gasteiger partial charge in [0, 0.05) is 0 Å². The minimum atomic E-state index is -0.553. The molecule has 0 aliphatic carbocycles. The van der Waals surface area contributed by atoms with E-state index in [0.717, 1.165) is 0 Å². The fourth-order valence-electron chi connectivity index (χ4n) is 2.16. The maximum absolute atomic E-state index is 13.6. The van der Waals surface area contributed by atoms with Crippen LogP contribution in [0.4, 0.5) is 26.2 Å². The van der Waals surface area contributed by atoms with Gasteiger partial charge in [-0.2, -0.15) is 0 Å². The Morgan fingerprint density at radius 1 is 1.17 bits per heavy atom. The summed E-state index contributed by atoms with van der Waals surface area (Å²) >= 11 is 0. The van der Waals surface area contributed by atoms with E-state index in [1.165, 1.54) is 29.5 Å². The molecule has 0 fully saturated rings. The van der Waals surface area contributed by atoms with Crippen molar-refractivity contribution in [2.75, 3.05) is 22.1 Å². The zero-order chi connectivity index (χ0) is 17.5. The van der Waals surface area contributed by atoms with Gasteiger partial charge in [0.1, 0.15) is 12.4 Å². The van der Waals surface area contributed by atoms with Gasteiger partial charge in [-0.05, 0) is 24.3 Å². The largest absolute Gasteiger partial charge is 0.326 e. The Morgan fingerprint density at radius 3 is 2.50 bits per heavy atom. The molecule has 0 bridgehead atoms. The number of benzene rings is 2. The van der Waals surface area contributed by atoms with E-state index in [4.69, 9.17) is 0 Å². The topological polar surface area (TPSA) is 61.4 Å². The highest BCUT2D eigenvalue weighted by Gasteiger charge is 2.26. The molecule has 0 spiro atoms. The lowest BCUT2D eigenvalue weighted by Crippen LogP contribution is -2.44. The van der Waals surface area contributed by atoms with Crippen LogP contribution in [0, 0.1) is 5.82 Å². The predicted octanol–water partition coefficient (Wildman–Crippen LogP) is 4.23. The van der Waals surface area contributed by atoms with Crippen molar-refractivity contribution >= 4 is 29.0 Å². The quantitative estimate of drug-likeness (QED) is 0.822. The standard InChI is InChI=1S/C15H12FN3O2.C3H8/c16-10-5-1-2-6-11(10)18-15(21)19-9-14(20)17-12-7-3-4-8-13(12)19;1-3-2/h1-8H,9H2,(H,17,20)(H,18,21);3H2,1-2H3. The minimum Gasteiger partial charge on any atom is -0.323 e. The van der Waals surface area contributed by atoms with Gasteiger partial charge in [0.25, 0.3) is 0 Å². The SMILES string of the molecule is CCC.O=C1CN(C(=O)Nc2ccccc2F)c2ccccc2N1. The number of urea groups is 1. The molecule has 2 N–H and O–H groups in total. The molecule has 6 heteroatoms. The first kappa shape index (κ1) is 17.5. The zero-order valence-electron chi connectivity index (χ0n) is 13.7. The van der Waals surface area contributed by atoms with E-state index in [0.29, 0.717) is 11.4 Å². The molecule has 3 rings (SSSR count). The molecule has 2 aromatic carbocycles. The van der Waals surface area contributed by atoms with Crippen molar-refractivity contribution in [1.82, 2.24) is 0 Å². The number of anilines is 3. The van der Waals surface area contributed by atoms with Crippen LogP contribution < -0.4 is 15.5 Å². The summed E-state index contributed by atoms with van der Waals surface area (Å²) in [6.07, 6.45) is 1.25. The number of amides is 3. The molecule has 5 nitrogen and oxygen atoms in total. The van der Waals surface area contributed by atoms with E-state index in [2.05, 4.69) is 24.5 Å². The van der Waals surface area contributed by atoms with Crippen molar-refractivity contribution in [2.45, 2.75) is 20.3 Å². The van der Waals surface area contributed by atoms with Crippen molar-refractivity contribution in [3.05, 3.63) is 54.3 Å². The second-order valence-corrected chi connectivity index (χ2v) is 5.27. The van der Waals surface area contributed by atoms with E-state index in [1.54, 1.807) is 30.3 Å². The predicted molar refractivity (Wildman–Crippen MR) is 93.8 cm³/mol. The fourth-order valence-corrected chi connectivity index (χ4v) is 2.16. The fraction of sp³-hybridized carbons (Fsp3) is 0.222. The first-order chi connectivity index (χ1) is 11.6. The average molecular weight is 329 g/mol. The van der Waals surface area contributed by atoms with E-state index in [-0.39, 0.29) is 18.1 Å². The third-order valence-electron chi connectivity index (χ3n) is 3.13. The van der Waals surface area contributed by atoms with Crippen molar-refractivity contribution < 1.29 is 14.0 Å². The zero-order valence-corrected chi connectivity index (χ0v) is 13.7. The molecule has 1 heterocycles. The van der Waals surface area contributed by atoms with Gasteiger partial charge in [-0.3, -0.25) is 9.69 Å². The Labute approximate surface area is 140 Å². The van der Waals surface area contributed by atoms with Gasteiger partial charge in [0.05, 0.1) is 17.1 Å². The molecule has 1 aliphatic heterocycles. The summed E-state index contributed by atoms with van der Waals surface area (Å²) < 4.78 is 13.6. The highest BCUT2D eigenvalue weighted by atomic mass is 19.1. The molecular weight excluding hydrogens is 309 g/mol. The molecule has 126 valence electrons. The van der Waals surface area contributed by atoms with Crippen molar-refractivity contribution in [3.63, 3.8) is 0 Å². The van der Waals surface area contributed by atoms with Gasteiger partial charge in [-0.15, -0.1) is 0 Å². The average Bonchev–Trinajstić information content (AvgIpc) is 2.57. The Morgan fingerprint density at radius 2 is 1.79 bits per heavy atom. The molecule has 0 aromatic heterocycles. The first-order valence-electron chi connectivity index (χ1n) is 7.78. The van der Waals surface area contributed by atoms with Crippen molar-refractivity contribution in [3.8, 4) is 0 Å². The molecule has 0 saturated heterocycles. The number of fused-ring (bicyclic) bond motifs is 1. The Hall–Kier alpha value is -2.89. The van der Waals surface area contributed by atoms with Crippen LogP contribution in [0.5, 0.6) is 0 Å². The lowest BCUT2D eigenvalue weighted by Gasteiger charge is -2.29. The summed E-state index contributed by atoms with van der Waals surface area (Å²) in [6, 6.07) is 12.3. The number of halogens is 1. The minimum absolute atomic E-state index is 0.0750. The molecule has 24 heavy (non-hydrogen) atoms. The van der Waals surface area contributed by atoms with Crippen LogP contribution in [0.15, 0.2) is 48.5 Å². The number of para-hydroxylation sites is 3. The summed E-state index contributed by atoms with van der Waals surface area (Å²) in [4.78, 5) is 25.2. The number of carbonyl (C=O) groups is 2.